The fourth-order valence-electron chi connectivity index (χ4n) is 3.59. The first-order chi connectivity index (χ1) is 14.1. The van der Waals surface area contributed by atoms with Gasteiger partial charge in [0.15, 0.2) is 0 Å². The van der Waals surface area contributed by atoms with E-state index in [-0.39, 0.29) is 6.61 Å². The van der Waals surface area contributed by atoms with Crippen LogP contribution in [0, 0.1) is 0 Å². The minimum Gasteiger partial charge on any atom is -0.303 e. The number of hydrogen-bond donors (Lipinski definition) is 2. The molecule has 0 rings (SSSR count). The first kappa shape index (κ1) is 28.9. The van der Waals surface area contributed by atoms with E-state index in [4.69, 9.17) is 9.79 Å². The second-order valence-electron chi connectivity index (χ2n) is 8.38. The monoisotopic (exact) mass is 432 g/mol. The molecule has 5 heteroatoms. The summed E-state index contributed by atoms with van der Waals surface area (Å²) >= 11 is 0. The maximum Gasteiger partial charge on any atom is 0.469 e. The molecule has 0 fully saturated rings. The van der Waals surface area contributed by atoms with Gasteiger partial charge in [-0.1, -0.05) is 115 Å². The van der Waals surface area contributed by atoms with Crippen LogP contribution in [0.25, 0.3) is 0 Å². The molecule has 174 valence electrons. The molecule has 0 amide bonds. The van der Waals surface area contributed by atoms with Crippen LogP contribution in [-0.2, 0) is 9.09 Å². The van der Waals surface area contributed by atoms with Crippen LogP contribution in [-0.4, -0.2) is 16.4 Å². The molecule has 0 aromatic carbocycles. The third kappa shape index (κ3) is 27.9. The van der Waals surface area contributed by atoms with Crippen molar-refractivity contribution in [3.05, 3.63) is 12.2 Å². The number of unbranched alkanes of at least 4 members (excludes halogenated alkanes) is 18. The zero-order valence-corrected chi connectivity index (χ0v) is 20.1. The molecule has 29 heavy (non-hydrogen) atoms. The molecule has 0 aliphatic heterocycles. The Morgan fingerprint density at radius 2 is 0.931 bits per heavy atom. The van der Waals surface area contributed by atoms with Crippen molar-refractivity contribution in [2.24, 2.45) is 0 Å². The molecule has 0 aliphatic rings. The molecule has 0 aromatic heterocycles. The zero-order chi connectivity index (χ0) is 21.5. The van der Waals surface area contributed by atoms with Crippen LogP contribution in [0.15, 0.2) is 12.2 Å². The van der Waals surface area contributed by atoms with E-state index >= 15 is 0 Å². The van der Waals surface area contributed by atoms with Crippen LogP contribution < -0.4 is 0 Å². The van der Waals surface area contributed by atoms with E-state index in [1.807, 2.05) is 0 Å². The van der Waals surface area contributed by atoms with Crippen LogP contribution in [0.2, 0.25) is 0 Å². The number of phosphoric ester groups is 1. The fraction of sp³-hybridized carbons (Fsp3) is 0.917. The lowest BCUT2D eigenvalue weighted by Crippen LogP contribution is -1.92. The Morgan fingerprint density at radius 3 is 1.31 bits per heavy atom. The highest BCUT2D eigenvalue weighted by molar-refractivity contribution is 7.46. The summed E-state index contributed by atoms with van der Waals surface area (Å²) in [7, 11) is -4.27. The SMILES string of the molecule is CCCCCCCC/C=C\CCCCCCCCCCCCCCOP(=O)(O)O. The van der Waals surface area contributed by atoms with Gasteiger partial charge in [0.2, 0.25) is 0 Å². The van der Waals surface area contributed by atoms with Gasteiger partial charge >= 0.3 is 7.82 Å². The van der Waals surface area contributed by atoms with Gasteiger partial charge in [0, 0.05) is 0 Å². The molecule has 4 nitrogen and oxygen atoms in total. The predicted octanol–water partition coefficient (Wildman–Crippen LogP) is 8.47. The molecule has 0 atom stereocenters. The van der Waals surface area contributed by atoms with Crippen molar-refractivity contribution >= 4 is 7.82 Å². The smallest absolute Gasteiger partial charge is 0.303 e. The molecule has 0 aliphatic carbocycles. The maximum atomic E-state index is 10.5. The van der Waals surface area contributed by atoms with Crippen molar-refractivity contribution in [3.8, 4) is 0 Å². The molecular weight excluding hydrogens is 383 g/mol. The van der Waals surface area contributed by atoms with Gasteiger partial charge in [0.25, 0.3) is 0 Å². The maximum absolute atomic E-state index is 10.5. The average Bonchev–Trinajstić information content (AvgIpc) is 2.67. The van der Waals surface area contributed by atoms with Crippen LogP contribution in [0.4, 0.5) is 0 Å². The molecule has 0 radical (unpaired) electrons. The molecular formula is C24H49O4P. The number of rotatable bonds is 23. The largest absolute Gasteiger partial charge is 0.469 e. The molecule has 0 saturated heterocycles. The second-order valence-corrected chi connectivity index (χ2v) is 9.62. The van der Waals surface area contributed by atoms with Crippen molar-refractivity contribution in [2.45, 2.75) is 135 Å². The minimum atomic E-state index is -4.27. The summed E-state index contributed by atoms with van der Waals surface area (Å²) in [5, 5.41) is 0. The highest BCUT2D eigenvalue weighted by Crippen LogP contribution is 2.35. The Morgan fingerprint density at radius 1 is 0.586 bits per heavy atom. The van der Waals surface area contributed by atoms with Crippen molar-refractivity contribution in [1.82, 2.24) is 0 Å². The lowest BCUT2D eigenvalue weighted by Gasteiger charge is -2.05. The average molecular weight is 433 g/mol. The fourth-order valence-corrected chi connectivity index (χ4v) is 3.96. The lowest BCUT2D eigenvalue weighted by molar-refractivity contribution is 0.193. The zero-order valence-electron chi connectivity index (χ0n) is 19.2. The third-order valence-electron chi connectivity index (χ3n) is 5.42. The summed E-state index contributed by atoms with van der Waals surface area (Å²) in [6, 6.07) is 0. The standard InChI is InChI=1S/C24H49O4P/c1-2-3-4-5-6-7-8-9-10-11-12-13-14-15-16-17-18-19-20-21-22-23-24-28-29(25,26)27/h9-10H,2-8,11-24H2,1H3,(H2,25,26,27)/b10-9-. The highest BCUT2D eigenvalue weighted by atomic mass is 31.2. The Bertz CT molecular complexity index is 392. The molecule has 0 aromatic rings. The first-order valence-electron chi connectivity index (χ1n) is 12.4. The minimum absolute atomic E-state index is 0.166. The van der Waals surface area contributed by atoms with E-state index in [2.05, 4.69) is 23.6 Å². The van der Waals surface area contributed by atoms with Gasteiger partial charge in [-0.05, 0) is 32.1 Å². The topological polar surface area (TPSA) is 66.8 Å². The second kappa shape index (κ2) is 22.5. The van der Waals surface area contributed by atoms with Gasteiger partial charge in [-0.2, -0.15) is 0 Å². The van der Waals surface area contributed by atoms with Crippen LogP contribution >= 0.6 is 7.82 Å². The molecule has 0 saturated carbocycles. The van der Waals surface area contributed by atoms with Gasteiger partial charge < -0.3 is 9.79 Å². The summed E-state index contributed by atoms with van der Waals surface area (Å²) in [4.78, 5) is 17.2. The highest BCUT2D eigenvalue weighted by Gasteiger charge is 2.12. The van der Waals surface area contributed by atoms with E-state index in [1.54, 1.807) is 0 Å². The number of hydrogen-bond acceptors (Lipinski definition) is 2. The molecule has 0 spiro atoms. The quantitative estimate of drug-likeness (QED) is 0.0965. The summed E-state index contributed by atoms with van der Waals surface area (Å²) < 4.78 is 15.0. The van der Waals surface area contributed by atoms with E-state index in [0.29, 0.717) is 0 Å². The van der Waals surface area contributed by atoms with Gasteiger partial charge in [-0.15, -0.1) is 0 Å². The van der Waals surface area contributed by atoms with Crippen LogP contribution in [0.5, 0.6) is 0 Å². The van der Waals surface area contributed by atoms with Crippen molar-refractivity contribution in [2.75, 3.05) is 6.61 Å². The molecule has 0 heterocycles. The van der Waals surface area contributed by atoms with Crippen LogP contribution in [0.1, 0.15) is 135 Å². The first-order valence-corrected chi connectivity index (χ1v) is 13.9. The van der Waals surface area contributed by atoms with E-state index < -0.39 is 7.82 Å². The van der Waals surface area contributed by atoms with Gasteiger partial charge in [-0.3, -0.25) is 4.52 Å². The summed E-state index contributed by atoms with van der Waals surface area (Å²) in [6.45, 7) is 2.44. The van der Waals surface area contributed by atoms with Crippen molar-refractivity contribution in [1.29, 1.82) is 0 Å². The Hall–Kier alpha value is -0.150. The number of phosphoric acid groups is 1. The third-order valence-corrected chi connectivity index (χ3v) is 5.93. The number of allylic oxidation sites excluding steroid dienone is 2. The molecule has 0 bridgehead atoms. The van der Waals surface area contributed by atoms with Gasteiger partial charge in [0.1, 0.15) is 0 Å². The summed E-state index contributed by atoms with van der Waals surface area (Å²) in [6.07, 6.45) is 30.5. The summed E-state index contributed by atoms with van der Waals surface area (Å²) in [5.41, 5.74) is 0. The van der Waals surface area contributed by atoms with E-state index in [0.717, 1.165) is 19.3 Å². The van der Waals surface area contributed by atoms with Gasteiger partial charge in [-0.25, -0.2) is 4.57 Å². The van der Waals surface area contributed by atoms with E-state index in [9.17, 15) is 4.57 Å². The van der Waals surface area contributed by atoms with Crippen LogP contribution in [0.3, 0.4) is 0 Å². The van der Waals surface area contributed by atoms with Crippen molar-refractivity contribution < 1.29 is 18.9 Å². The summed E-state index contributed by atoms with van der Waals surface area (Å²) in [5.74, 6) is 0. The predicted molar refractivity (Wildman–Crippen MR) is 125 cm³/mol. The normalized spacial score (nSPS) is 12.2. The van der Waals surface area contributed by atoms with Crippen molar-refractivity contribution in [3.63, 3.8) is 0 Å². The van der Waals surface area contributed by atoms with Gasteiger partial charge in [0.05, 0.1) is 6.61 Å². The Kier molecular flexibility index (Phi) is 22.4. The Balaban J connectivity index is 3.10. The van der Waals surface area contributed by atoms with E-state index in [1.165, 1.54) is 109 Å². The Labute approximate surface area is 181 Å². The molecule has 2 N–H and O–H groups in total. The molecule has 0 unspecified atom stereocenters. The lowest BCUT2D eigenvalue weighted by atomic mass is 10.0.